The predicted molar refractivity (Wildman–Crippen MR) is 114 cm³/mol. The lowest BCUT2D eigenvalue weighted by Gasteiger charge is -2.13. The Hall–Kier alpha value is -3.93. The molecule has 0 aliphatic rings. The molecule has 0 radical (unpaired) electrons. The highest BCUT2D eigenvalue weighted by Crippen LogP contribution is 2.38. The van der Waals surface area contributed by atoms with E-state index in [2.05, 4.69) is 11.6 Å². The number of allylic oxidation sites excluding steroid dienone is 1. The summed E-state index contributed by atoms with van der Waals surface area (Å²) in [5.41, 5.74) is 3.79. The minimum absolute atomic E-state index is 0.115. The van der Waals surface area contributed by atoms with Crippen LogP contribution in [0.5, 0.6) is 5.75 Å². The van der Waals surface area contributed by atoms with Crippen molar-refractivity contribution in [3.05, 3.63) is 76.7 Å². The van der Waals surface area contributed by atoms with Crippen molar-refractivity contribution in [1.82, 2.24) is 9.38 Å². The molecule has 2 aromatic carbocycles. The number of nitrogens with zero attached hydrogens (tertiary/aromatic N) is 2. The van der Waals surface area contributed by atoms with Crippen molar-refractivity contribution in [2.24, 2.45) is 0 Å². The fourth-order valence-corrected chi connectivity index (χ4v) is 4.26. The van der Waals surface area contributed by atoms with Crippen molar-refractivity contribution in [1.29, 1.82) is 0 Å². The molecule has 3 heterocycles. The summed E-state index contributed by atoms with van der Waals surface area (Å²) in [7, 11) is 0. The van der Waals surface area contributed by atoms with E-state index in [1.807, 2.05) is 31.2 Å². The molecule has 0 saturated carbocycles. The van der Waals surface area contributed by atoms with E-state index in [-0.39, 0.29) is 5.56 Å². The third-order valence-electron chi connectivity index (χ3n) is 5.35. The van der Waals surface area contributed by atoms with Crippen molar-refractivity contribution in [3.8, 4) is 5.75 Å². The lowest BCUT2D eigenvalue weighted by atomic mass is 9.99. The molecule has 0 aliphatic carbocycles. The van der Waals surface area contributed by atoms with Crippen LogP contribution in [0, 0.1) is 0 Å². The van der Waals surface area contributed by atoms with Crippen LogP contribution in [-0.4, -0.2) is 22.0 Å². The lowest BCUT2D eigenvalue weighted by Crippen LogP contribution is -2.29. The number of aliphatic carboxylic acids is 1. The summed E-state index contributed by atoms with van der Waals surface area (Å²) < 4.78 is 7.22. The van der Waals surface area contributed by atoms with Crippen molar-refractivity contribution >= 4 is 44.1 Å². The maximum atomic E-state index is 13.4. The van der Waals surface area contributed by atoms with Gasteiger partial charge < -0.3 is 14.6 Å². The normalized spacial score (nSPS) is 11.6. The first-order chi connectivity index (χ1) is 14.5. The molecule has 0 fully saturated rings. The van der Waals surface area contributed by atoms with Gasteiger partial charge in [0.15, 0.2) is 0 Å². The Balaban J connectivity index is 1.99. The van der Waals surface area contributed by atoms with E-state index < -0.39 is 12.6 Å². The van der Waals surface area contributed by atoms with E-state index in [4.69, 9.17) is 4.74 Å². The average Bonchev–Trinajstić information content (AvgIpc) is 3.07. The highest BCUT2D eigenvalue weighted by Gasteiger charge is 2.21. The van der Waals surface area contributed by atoms with E-state index in [1.165, 1.54) is 0 Å². The van der Waals surface area contributed by atoms with Gasteiger partial charge >= 0.3 is 0 Å². The summed E-state index contributed by atoms with van der Waals surface area (Å²) in [5.74, 6) is -0.856. The van der Waals surface area contributed by atoms with Crippen molar-refractivity contribution in [2.45, 2.75) is 13.3 Å². The van der Waals surface area contributed by atoms with Crippen molar-refractivity contribution < 1.29 is 14.6 Å². The van der Waals surface area contributed by atoms with Crippen molar-refractivity contribution in [3.63, 3.8) is 0 Å². The monoisotopic (exact) mass is 397 g/mol. The van der Waals surface area contributed by atoms with Gasteiger partial charge in [0.2, 0.25) is 0 Å². The molecule has 0 atom stereocenters. The summed E-state index contributed by atoms with van der Waals surface area (Å²) in [4.78, 5) is 28.9. The Morgan fingerprint density at radius 3 is 2.63 bits per heavy atom. The van der Waals surface area contributed by atoms with Crippen LogP contribution in [0.25, 0.3) is 38.1 Å². The van der Waals surface area contributed by atoms with E-state index in [1.54, 1.807) is 28.8 Å². The van der Waals surface area contributed by atoms with Gasteiger partial charge in [-0.2, -0.15) is 0 Å². The Morgan fingerprint density at radius 1 is 1.13 bits per heavy atom. The van der Waals surface area contributed by atoms with Gasteiger partial charge in [0.1, 0.15) is 12.4 Å². The maximum absolute atomic E-state index is 13.4. The van der Waals surface area contributed by atoms with Gasteiger partial charge in [-0.3, -0.25) is 14.2 Å². The third-order valence-corrected chi connectivity index (χ3v) is 5.35. The molecule has 6 nitrogen and oxygen atoms in total. The standard InChI is InChI=1S/C24H18N2O4/c1-13(2)11-17-19(30-12-20(27)28)8-7-18-21(17)16-9-10-25-22-14-5-3-4-6-15(14)24(29)26(18)23(16)22/h3-10H,1,11-12H2,2H3,(H,27,28)/p-1. The van der Waals surface area contributed by atoms with Crippen LogP contribution in [0.3, 0.4) is 0 Å². The van der Waals surface area contributed by atoms with Crippen LogP contribution in [0.15, 0.2) is 65.6 Å². The van der Waals surface area contributed by atoms with E-state index in [0.717, 1.165) is 43.8 Å². The number of hydrogen-bond acceptors (Lipinski definition) is 5. The van der Waals surface area contributed by atoms with Crippen LogP contribution < -0.4 is 15.4 Å². The number of aromatic nitrogens is 2. The Morgan fingerprint density at radius 2 is 1.90 bits per heavy atom. The molecule has 0 spiro atoms. The largest absolute Gasteiger partial charge is 0.546 e. The molecule has 30 heavy (non-hydrogen) atoms. The Kier molecular flexibility index (Phi) is 3.96. The fourth-order valence-electron chi connectivity index (χ4n) is 4.26. The zero-order chi connectivity index (χ0) is 21.0. The number of carboxylic acids is 1. The second kappa shape index (κ2) is 6.56. The summed E-state index contributed by atoms with van der Waals surface area (Å²) in [6.45, 7) is 5.35. The molecule has 0 bridgehead atoms. The number of rotatable bonds is 5. The van der Waals surface area contributed by atoms with Gasteiger partial charge in [-0.05, 0) is 37.6 Å². The molecule has 0 aliphatic heterocycles. The van der Waals surface area contributed by atoms with Crippen molar-refractivity contribution in [2.75, 3.05) is 6.61 Å². The van der Waals surface area contributed by atoms with E-state index >= 15 is 0 Å². The number of benzene rings is 2. The predicted octanol–water partition coefficient (Wildman–Crippen LogP) is 2.84. The quantitative estimate of drug-likeness (QED) is 0.336. The van der Waals surface area contributed by atoms with Crippen LogP contribution in [0.4, 0.5) is 0 Å². The smallest absolute Gasteiger partial charge is 0.263 e. The molecule has 0 unspecified atom stereocenters. The number of carboxylic acid groups (broad SMARTS) is 1. The highest BCUT2D eigenvalue weighted by molar-refractivity contribution is 6.19. The topological polar surface area (TPSA) is 83.7 Å². The molecule has 0 amide bonds. The van der Waals surface area contributed by atoms with Crippen LogP contribution in [0.2, 0.25) is 0 Å². The molecule has 5 aromatic rings. The summed E-state index contributed by atoms with van der Waals surface area (Å²) >= 11 is 0. The first-order valence-corrected chi connectivity index (χ1v) is 9.53. The van der Waals surface area contributed by atoms with Crippen LogP contribution >= 0.6 is 0 Å². The minimum Gasteiger partial charge on any atom is -0.546 e. The minimum atomic E-state index is -1.30. The van der Waals surface area contributed by atoms with Crippen LogP contribution in [0.1, 0.15) is 12.5 Å². The number of pyridine rings is 2. The summed E-state index contributed by atoms with van der Waals surface area (Å²) in [5, 5.41) is 14.1. The summed E-state index contributed by atoms with van der Waals surface area (Å²) in [6, 6.07) is 12.8. The van der Waals surface area contributed by atoms with Gasteiger partial charge in [-0.15, -0.1) is 0 Å². The number of hydrogen-bond donors (Lipinski definition) is 0. The van der Waals surface area contributed by atoms with Gasteiger partial charge in [-0.25, -0.2) is 0 Å². The number of ether oxygens (including phenoxy) is 1. The average molecular weight is 397 g/mol. The first-order valence-electron chi connectivity index (χ1n) is 9.53. The van der Waals surface area contributed by atoms with Gasteiger partial charge in [0.25, 0.3) is 5.56 Å². The summed E-state index contributed by atoms with van der Waals surface area (Å²) in [6.07, 6.45) is 2.21. The number of fused-ring (bicyclic) bond motifs is 5. The second-order valence-corrected chi connectivity index (χ2v) is 7.47. The molecule has 0 saturated heterocycles. The van der Waals surface area contributed by atoms with E-state index in [9.17, 15) is 14.7 Å². The number of carbonyl (C=O) groups is 1. The molecular formula is C24H17N2O4-. The van der Waals surface area contributed by atoms with Gasteiger partial charge in [0, 0.05) is 33.3 Å². The SMILES string of the molecule is C=C(C)Cc1c(OCC(=O)[O-])ccc2c1c1ccnc3c4ccccc4c(=O)n2c13. The zero-order valence-corrected chi connectivity index (χ0v) is 16.3. The first kappa shape index (κ1) is 18.1. The van der Waals surface area contributed by atoms with Gasteiger partial charge in [-0.1, -0.05) is 30.4 Å². The molecule has 5 rings (SSSR count). The fraction of sp³-hybridized carbons (Fsp3) is 0.125. The molecule has 6 heteroatoms. The molecule has 3 aromatic heterocycles. The second-order valence-electron chi connectivity index (χ2n) is 7.47. The molecule has 148 valence electrons. The maximum Gasteiger partial charge on any atom is 0.263 e. The Bertz CT molecular complexity index is 1550. The lowest BCUT2D eigenvalue weighted by molar-refractivity contribution is -0.307. The Labute approximate surface area is 171 Å². The highest BCUT2D eigenvalue weighted by atomic mass is 16.5. The molecule has 0 N–H and O–H groups in total. The molecular weight excluding hydrogens is 380 g/mol. The number of carbonyl (C=O) groups excluding carboxylic acids is 1. The van der Waals surface area contributed by atoms with Crippen LogP contribution in [-0.2, 0) is 11.2 Å². The zero-order valence-electron chi connectivity index (χ0n) is 16.3. The van der Waals surface area contributed by atoms with Gasteiger partial charge in [0.05, 0.1) is 22.5 Å². The van der Waals surface area contributed by atoms with E-state index in [0.29, 0.717) is 17.6 Å². The third kappa shape index (κ3) is 2.54.